The zero-order valence-electron chi connectivity index (χ0n) is 40.8. The van der Waals surface area contributed by atoms with Crippen molar-refractivity contribution in [3.05, 3.63) is 255 Å². The first-order chi connectivity index (χ1) is 37.6. The second kappa shape index (κ2) is 17.0. The summed E-state index contributed by atoms with van der Waals surface area (Å²) in [6, 6.07) is 92.1. The van der Waals surface area contributed by atoms with Gasteiger partial charge in [0, 0.05) is 96.0 Å². The van der Waals surface area contributed by atoms with Gasteiger partial charge in [0.15, 0.2) is 0 Å². The highest BCUT2D eigenvalue weighted by molar-refractivity contribution is 7.26. The summed E-state index contributed by atoms with van der Waals surface area (Å²) in [6.07, 6.45) is 0. The number of thiophene rings is 2. The Morgan fingerprint density at radius 3 is 1.03 bits per heavy atom. The molecule has 12 aromatic carbocycles. The van der Waals surface area contributed by atoms with Crippen molar-refractivity contribution < 1.29 is 8.83 Å². The quantitative estimate of drug-likeness (QED) is 0.152. The van der Waals surface area contributed by atoms with Crippen LogP contribution in [0.4, 0.5) is 34.1 Å². The van der Waals surface area contributed by atoms with Crippen LogP contribution in [0.5, 0.6) is 0 Å². The normalized spacial score (nSPS) is 11.9. The fraction of sp³-hybridized carbons (Fsp3) is 0. The SMILES string of the molecule is c1ccc(N(c2ccc(-c3ccc4c(c3)oc3cc5cc6c(cc5cc34)oc3cc(-c4ccc(N(c5ccccc5)c5ccc7sc8ccccc8c7c5)cc4)ccc36)cc2)c2ccc3sc4ccccc4c3c2)cc1. The van der Waals surface area contributed by atoms with Crippen molar-refractivity contribution >= 4 is 152 Å². The van der Waals surface area contributed by atoms with Crippen LogP contribution in [-0.2, 0) is 0 Å². The van der Waals surface area contributed by atoms with Crippen LogP contribution >= 0.6 is 22.7 Å². The minimum Gasteiger partial charge on any atom is -0.456 e. The van der Waals surface area contributed by atoms with Gasteiger partial charge < -0.3 is 18.6 Å². The molecule has 356 valence electrons. The predicted molar refractivity (Wildman–Crippen MR) is 325 cm³/mol. The summed E-state index contributed by atoms with van der Waals surface area (Å²) >= 11 is 3.69. The molecule has 0 unspecified atom stereocenters. The molecule has 0 saturated heterocycles. The van der Waals surface area contributed by atoms with Gasteiger partial charge in [0.25, 0.3) is 0 Å². The zero-order chi connectivity index (χ0) is 49.8. The van der Waals surface area contributed by atoms with Crippen molar-refractivity contribution in [1.82, 2.24) is 0 Å². The Bertz CT molecular complexity index is 4620. The van der Waals surface area contributed by atoms with Gasteiger partial charge in [-0.3, -0.25) is 0 Å². The first kappa shape index (κ1) is 43.0. The number of furan rings is 2. The van der Waals surface area contributed by atoms with E-state index in [1.807, 2.05) is 22.7 Å². The molecule has 4 aromatic heterocycles. The summed E-state index contributed by atoms with van der Waals surface area (Å²) in [5.74, 6) is 0. The number of fused-ring (bicyclic) bond motifs is 13. The fourth-order valence-electron chi connectivity index (χ4n) is 11.5. The van der Waals surface area contributed by atoms with E-state index in [1.165, 1.54) is 40.3 Å². The van der Waals surface area contributed by atoms with E-state index >= 15 is 0 Å². The Morgan fingerprint density at radius 1 is 0.224 bits per heavy atom. The van der Waals surface area contributed by atoms with Gasteiger partial charge in [-0.15, -0.1) is 22.7 Å². The zero-order valence-corrected chi connectivity index (χ0v) is 42.4. The average molecular weight is 1010 g/mol. The molecule has 0 aliphatic rings. The standard InChI is InChI=1S/C70H42N2O2S2/c1-3-11-49(12-4-1)71(53-29-33-69-61(41-53)57-15-7-9-17-67(57)75-69)51-25-19-43(20-26-51)45-23-31-55-59-35-47-40-66-60(36-48(47)39-65(59)73-63(55)37-45)56-32-24-46(38-64(56)74-66)44-21-27-52(28-22-44)72(50-13-5-2-6-14-50)54-30-34-70-62(42-54)58-16-8-10-18-68(58)76-70/h1-42H. The van der Waals surface area contributed by atoms with Gasteiger partial charge in [0.1, 0.15) is 22.3 Å². The Kier molecular flexibility index (Phi) is 9.64. The van der Waals surface area contributed by atoms with Crippen LogP contribution in [0.3, 0.4) is 0 Å². The third-order valence-electron chi connectivity index (χ3n) is 15.2. The predicted octanol–water partition coefficient (Wildman–Crippen LogP) is 21.6. The molecular formula is C70H42N2O2S2. The lowest BCUT2D eigenvalue weighted by molar-refractivity contribution is 0.668. The number of hydrogen-bond donors (Lipinski definition) is 0. The molecule has 0 amide bonds. The third-order valence-corrected chi connectivity index (χ3v) is 17.5. The van der Waals surface area contributed by atoms with Gasteiger partial charge in [-0.1, -0.05) is 109 Å². The lowest BCUT2D eigenvalue weighted by atomic mass is 10.00. The summed E-state index contributed by atoms with van der Waals surface area (Å²) in [5, 5.41) is 11.7. The molecule has 76 heavy (non-hydrogen) atoms. The monoisotopic (exact) mass is 1010 g/mol. The van der Waals surface area contributed by atoms with Gasteiger partial charge in [-0.2, -0.15) is 0 Å². The molecule has 0 bridgehead atoms. The molecule has 0 fully saturated rings. The van der Waals surface area contributed by atoms with E-state index in [4.69, 9.17) is 8.83 Å². The molecule has 4 heterocycles. The molecule has 0 N–H and O–H groups in total. The van der Waals surface area contributed by atoms with Gasteiger partial charge in [-0.05, 0) is 179 Å². The van der Waals surface area contributed by atoms with Crippen molar-refractivity contribution in [1.29, 1.82) is 0 Å². The van der Waals surface area contributed by atoms with Crippen LogP contribution in [0.25, 0.3) is 117 Å². The molecule has 16 rings (SSSR count). The molecule has 0 atom stereocenters. The van der Waals surface area contributed by atoms with E-state index in [2.05, 4.69) is 265 Å². The number of nitrogens with zero attached hydrogens (tertiary/aromatic N) is 2. The number of para-hydroxylation sites is 2. The maximum atomic E-state index is 6.67. The van der Waals surface area contributed by atoms with Crippen LogP contribution in [0.1, 0.15) is 0 Å². The highest BCUT2D eigenvalue weighted by Gasteiger charge is 2.19. The number of benzene rings is 12. The maximum absolute atomic E-state index is 6.67. The molecule has 4 nitrogen and oxygen atoms in total. The van der Waals surface area contributed by atoms with E-state index in [0.717, 1.165) is 111 Å². The van der Waals surface area contributed by atoms with Crippen LogP contribution in [0.15, 0.2) is 264 Å². The van der Waals surface area contributed by atoms with Crippen molar-refractivity contribution in [3.8, 4) is 22.3 Å². The molecule has 6 heteroatoms. The smallest absolute Gasteiger partial charge is 0.136 e. The van der Waals surface area contributed by atoms with Crippen LogP contribution in [-0.4, -0.2) is 0 Å². The number of hydrogen-bond acceptors (Lipinski definition) is 6. The second-order valence-corrected chi connectivity index (χ2v) is 21.8. The molecular weight excluding hydrogens is 965 g/mol. The minimum absolute atomic E-state index is 0.866. The Labute approximate surface area is 444 Å². The van der Waals surface area contributed by atoms with E-state index in [1.54, 1.807) is 0 Å². The molecule has 0 aliphatic heterocycles. The maximum Gasteiger partial charge on any atom is 0.136 e. The highest BCUT2D eigenvalue weighted by Crippen LogP contribution is 2.45. The first-order valence-electron chi connectivity index (χ1n) is 25.6. The molecule has 0 spiro atoms. The molecule has 16 aromatic rings. The third kappa shape index (κ3) is 7.03. The van der Waals surface area contributed by atoms with E-state index in [-0.39, 0.29) is 0 Å². The fourth-order valence-corrected chi connectivity index (χ4v) is 13.7. The van der Waals surface area contributed by atoms with Crippen LogP contribution < -0.4 is 9.80 Å². The first-order valence-corrected chi connectivity index (χ1v) is 27.2. The Morgan fingerprint density at radius 2 is 0.579 bits per heavy atom. The lowest BCUT2D eigenvalue weighted by Gasteiger charge is -2.25. The largest absolute Gasteiger partial charge is 0.456 e. The topological polar surface area (TPSA) is 32.8 Å². The molecule has 0 aliphatic carbocycles. The van der Waals surface area contributed by atoms with Crippen molar-refractivity contribution in [2.24, 2.45) is 0 Å². The van der Waals surface area contributed by atoms with Crippen LogP contribution in [0, 0.1) is 0 Å². The second-order valence-electron chi connectivity index (χ2n) is 19.7. The summed E-state index contributed by atoms with van der Waals surface area (Å²) < 4.78 is 18.6. The summed E-state index contributed by atoms with van der Waals surface area (Å²) in [6.45, 7) is 0. The van der Waals surface area contributed by atoms with Crippen molar-refractivity contribution in [2.45, 2.75) is 0 Å². The summed E-state index contributed by atoms with van der Waals surface area (Å²) in [7, 11) is 0. The lowest BCUT2D eigenvalue weighted by Crippen LogP contribution is -2.09. The van der Waals surface area contributed by atoms with Gasteiger partial charge in [0.2, 0.25) is 0 Å². The van der Waals surface area contributed by atoms with Gasteiger partial charge in [-0.25, -0.2) is 0 Å². The summed E-state index contributed by atoms with van der Waals surface area (Å²) in [5.41, 5.74) is 14.6. The summed E-state index contributed by atoms with van der Waals surface area (Å²) in [4.78, 5) is 4.68. The van der Waals surface area contributed by atoms with Gasteiger partial charge >= 0.3 is 0 Å². The average Bonchev–Trinajstić information content (AvgIpc) is 4.29. The highest BCUT2D eigenvalue weighted by atomic mass is 32.1. The number of rotatable bonds is 8. The number of anilines is 6. The van der Waals surface area contributed by atoms with Crippen molar-refractivity contribution in [2.75, 3.05) is 9.80 Å². The van der Waals surface area contributed by atoms with E-state index in [9.17, 15) is 0 Å². The molecule has 0 saturated carbocycles. The van der Waals surface area contributed by atoms with Crippen molar-refractivity contribution in [3.63, 3.8) is 0 Å². The van der Waals surface area contributed by atoms with E-state index < -0.39 is 0 Å². The van der Waals surface area contributed by atoms with E-state index in [0.29, 0.717) is 0 Å². The minimum atomic E-state index is 0.866. The Hall–Kier alpha value is -9.46. The van der Waals surface area contributed by atoms with Crippen LogP contribution in [0.2, 0.25) is 0 Å². The Balaban J connectivity index is 0.696. The van der Waals surface area contributed by atoms with Gasteiger partial charge in [0.05, 0.1) is 0 Å². The molecule has 0 radical (unpaired) electrons.